The van der Waals surface area contributed by atoms with Crippen molar-refractivity contribution in [2.45, 2.75) is 12.8 Å². The number of rotatable bonds is 3. The first-order valence-electron chi connectivity index (χ1n) is 6.11. The van der Waals surface area contributed by atoms with E-state index in [1.807, 2.05) is 0 Å². The van der Waals surface area contributed by atoms with E-state index in [1.165, 1.54) is 12.8 Å². The molecule has 1 unspecified atom stereocenters. The van der Waals surface area contributed by atoms with Gasteiger partial charge in [-0.2, -0.15) is 0 Å². The fraction of sp³-hybridized carbons (Fsp3) is 0.462. The molecule has 0 radical (unpaired) electrons. The fourth-order valence-electron chi connectivity index (χ4n) is 2.10. The van der Waals surface area contributed by atoms with Gasteiger partial charge in [0.2, 0.25) is 0 Å². The predicted octanol–water partition coefficient (Wildman–Crippen LogP) is 3.25. The Balaban J connectivity index is 0.00000180. The lowest BCUT2D eigenvalue weighted by Crippen LogP contribution is -2.38. The molecule has 0 aromatic heterocycles. The van der Waals surface area contributed by atoms with E-state index in [0.717, 1.165) is 24.1 Å². The van der Waals surface area contributed by atoms with Gasteiger partial charge in [0.15, 0.2) is 0 Å². The van der Waals surface area contributed by atoms with E-state index in [0.29, 0.717) is 16.5 Å². The van der Waals surface area contributed by atoms with Gasteiger partial charge < -0.3 is 10.6 Å². The zero-order valence-electron chi connectivity index (χ0n) is 10.4. The molecule has 1 heterocycles. The van der Waals surface area contributed by atoms with Gasteiger partial charge in [-0.25, -0.2) is 0 Å². The Bertz CT molecular complexity index is 437. The van der Waals surface area contributed by atoms with E-state index in [1.54, 1.807) is 18.2 Å². The highest BCUT2D eigenvalue weighted by molar-refractivity contribution is 9.10. The molecular formula is C13H17BrCl2N2O. The number of halogens is 3. The molecule has 6 heteroatoms. The summed E-state index contributed by atoms with van der Waals surface area (Å²) in [6.07, 6.45) is 2.36. The highest BCUT2D eigenvalue weighted by Gasteiger charge is 2.15. The molecule has 1 aromatic rings. The Labute approximate surface area is 133 Å². The van der Waals surface area contributed by atoms with E-state index < -0.39 is 0 Å². The number of carbonyl (C=O) groups is 1. The van der Waals surface area contributed by atoms with Crippen molar-refractivity contribution < 1.29 is 4.79 Å². The van der Waals surface area contributed by atoms with Crippen molar-refractivity contribution in [2.75, 3.05) is 19.6 Å². The van der Waals surface area contributed by atoms with Crippen LogP contribution in [-0.2, 0) is 0 Å². The second kappa shape index (κ2) is 8.10. The zero-order valence-corrected chi connectivity index (χ0v) is 13.6. The van der Waals surface area contributed by atoms with Crippen LogP contribution in [0.3, 0.4) is 0 Å². The van der Waals surface area contributed by atoms with Crippen LogP contribution >= 0.6 is 39.9 Å². The molecule has 2 rings (SSSR count). The summed E-state index contributed by atoms with van der Waals surface area (Å²) in [5, 5.41) is 6.94. The largest absolute Gasteiger partial charge is 0.352 e. The summed E-state index contributed by atoms with van der Waals surface area (Å²) >= 11 is 9.21. The number of amides is 1. The van der Waals surface area contributed by atoms with Crippen molar-refractivity contribution in [3.05, 3.63) is 33.3 Å². The lowest BCUT2D eigenvalue weighted by molar-refractivity contribution is 0.0944. The SMILES string of the molecule is Cl.O=C(NCC1CCCNC1)c1ccc(Cl)cc1Br. The molecule has 3 nitrogen and oxygen atoms in total. The topological polar surface area (TPSA) is 41.1 Å². The number of hydrogen-bond acceptors (Lipinski definition) is 2. The monoisotopic (exact) mass is 366 g/mol. The number of nitrogens with one attached hydrogen (secondary N) is 2. The molecule has 1 aliphatic heterocycles. The molecular weight excluding hydrogens is 351 g/mol. The third kappa shape index (κ3) is 4.95. The van der Waals surface area contributed by atoms with Gasteiger partial charge in [0.1, 0.15) is 0 Å². The zero-order chi connectivity index (χ0) is 13.0. The molecule has 106 valence electrons. The average Bonchev–Trinajstić information content (AvgIpc) is 2.37. The first kappa shape index (κ1) is 16.8. The quantitative estimate of drug-likeness (QED) is 0.860. The number of hydrogen-bond donors (Lipinski definition) is 2. The minimum Gasteiger partial charge on any atom is -0.352 e. The smallest absolute Gasteiger partial charge is 0.252 e. The number of carbonyl (C=O) groups excluding carboxylic acids is 1. The third-order valence-corrected chi connectivity index (χ3v) is 4.02. The second-order valence-electron chi connectivity index (χ2n) is 4.55. The van der Waals surface area contributed by atoms with Crippen molar-refractivity contribution in [1.29, 1.82) is 0 Å². The standard InChI is InChI=1S/C13H16BrClN2O.ClH/c14-12-6-10(15)3-4-11(12)13(18)17-8-9-2-1-5-16-7-9;/h3-4,6,9,16H,1-2,5,7-8H2,(H,17,18);1H. The summed E-state index contributed by atoms with van der Waals surface area (Å²) in [6.45, 7) is 2.80. The Morgan fingerprint density at radius 3 is 2.95 bits per heavy atom. The molecule has 0 saturated carbocycles. The molecule has 1 aromatic carbocycles. The van der Waals surface area contributed by atoms with Gasteiger partial charge in [-0.3, -0.25) is 4.79 Å². The van der Waals surface area contributed by atoms with Crippen LogP contribution in [0.2, 0.25) is 5.02 Å². The van der Waals surface area contributed by atoms with Crippen molar-refractivity contribution in [1.82, 2.24) is 10.6 Å². The van der Waals surface area contributed by atoms with Crippen LogP contribution in [0.4, 0.5) is 0 Å². The molecule has 2 N–H and O–H groups in total. The molecule has 1 atom stereocenters. The van der Waals surface area contributed by atoms with E-state index in [9.17, 15) is 4.79 Å². The van der Waals surface area contributed by atoms with Crippen LogP contribution in [-0.4, -0.2) is 25.5 Å². The van der Waals surface area contributed by atoms with Crippen LogP contribution < -0.4 is 10.6 Å². The second-order valence-corrected chi connectivity index (χ2v) is 5.84. The Kier molecular flexibility index (Phi) is 7.15. The molecule has 0 spiro atoms. The van der Waals surface area contributed by atoms with Gasteiger partial charge in [-0.05, 0) is 66.0 Å². The molecule has 0 bridgehead atoms. The summed E-state index contributed by atoms with van der Waals surface area (Å²) in [5.74, 6) is 0.484. The molecule has 1 saturated heterocycles. The highest BCUT2D eigenvalue weighted by Crippen LogP contribution is 2.21. The summed E-state index contributed by atoms with van der Waals surface area (Å²) in [5.41, 5.74) is 0.628. The van der Waals surface area contributed by atoms with Gasteiger partial charge in [0, 0.05) is 16.0 Å². The van der Waals surface area contributed by atoms with Gasteiger partial charge >= 0.3 is 0 Å². The molecule has 19 heavy (non-hydrogen) atoms. The minimum absolute atomic E-state index is 0. The summed E-state index contributed by atoms with van der Waals surface area (Å²) in [6, 6.07) is 5.20. The van der Waals surface area contributed by atoms with Crippen molar-refractivity contribution >= 4 is 45.8 Å². The van der Waals surface area contributed by atoms with Crippen molar-refractivity contribution in [3.8, 4) is 0 Å². The molecule has 1 aliphatic rings. The number of benzene rings is 1. The first-order valence-corrected chi connectivity index (χ1v) is 7.28. The maximum Gasteiger partial charge on any atom is 0.252 e. The van der Waals surface area contributed by atoms with E-state index >= 15 is 0 Å². The Hall–Kier alpha value is -0.290. The Morgan fingerprint density at radius 2 is 2.32 bits per heavy atom. The lowest BCUT2D eigenvalue weighted by atomic mass is 10.00. The maximum atomic E-state index is 12.0. The fourth-order valence-corrected chi connectivity index (χ4v) is 2.97. The Morgan fingerprint density at radius 1 is 1.53 bits per heavy atom. The van der Waals surface area contributed by atoms with E-state index in [-0.39, 0.29) is 18.3 Å². The van der Waals surface area contributed by atoms with Gasteiger partial charge in [0.25, 0.3) is 5.91 Å². The molecule has 0 aliphatic carbocycles. The van der Waals surface area contributed by atoms with Crippen LogP contribution in [0.1, 0.15) is 23.2 Å². The van der Waals surface area contributed by atoms with Crippen molar-refractivity contribution in [2.24, 2.45) is 5.92 Å². The summed E-state index contributed by atoms with van der Waals surface area (Å²) < 4.78 is 0.731. The van der Waals surface area contributed by atoms with Gasteiger partial charge in [-0.15, -0.1) is 12.4 Å². The number of piperidine rings is 1. The average molecular weight is 368 g/mol. The van der Waals surface area contributed by atoms with E-state index in [2.05, 4.69) is 26.6 Å². The van der Waals surface area contributed by atoms with Gasteiger partial charge in [0.05, 0.1) is 5.56 Å². The predicted molar refractivity (Wildman–Crippen MR) is 84.3 cm³/mol. The van der Waals surface area contributed by atoms with Crippen LogP contribution in [0.25, 0.3) is 0 Å². The lowest BCUT2D eigenvalue weighted by Gasteiger charge is -2.22. The van der Waals surface area contributed by atoms with Crippen LogP contribution in [0.15, 0.2) is 22.7 Å². The summed E-state index contributed by atoms with van der Waals surface area (Å²) in [4.78, 5) is 12.0. The minimum atomic E-state index is -0.0517. The maximum absolute atomic E-state index is 12.0. The third-order valence-electron chi connectivity index (χ3n) is 3.13. The van der Waals surface area contributed by atoms with Crippen LogP contribution in [0, 0.1) is 5.92 Å². The van der Waals surface area contributed by atoms with Gasteiger partial charge in [-0.1, -0.05) is 11.6 Å². The summed E-state index contributed by atoms with van der Waals surface area (Å²) in [7, 11) is 0. The van der Waals surface area contributed by atoms with Crippen molar-refractivity contribution in [3.63, 3.8) is 0 Å². The van der Waals surface area contributed by atoms with Crippen LogP contribution in [0.5, 0.6) is 0 Å². The normalized spacial score (nSPS) is 18.5. The molecule has 1 amide bonds. The highest BCUT2D eigenvalue weighted by atomic mass is 79.9. The molecule has 1 fully saturated rings. The van der Waals surface area contributed by atoms with E-state index in [4.69, 9.17) is 11.6 Å². The first-order chi connectivity index (χ1) is 8.66.